The number of ether oxygens (including phenoxy) is 3. The lowest BCUT2D eigenvalue weighted by Gasteiger charge is -2.39. The topological polar surface area (TPSA) is 253 Å². The fourth-order valence-corrected chi connectivity index (χ4v) is 19.1. The van der Waals surface area contributed by atoms with Gasteiger partial charge in [0.15, 0.2) is 0 Å². The van der Waals surface area contributed by atoms with E-state index in [-0.39, 0.29) is 60.6 Å². The normalized spacial score (nSPS) is 25.7. The van der Waals surface area contributed by atoms with Crippen LogP contribution in [0.15, 0.2) is 167 Å². The smallest absolute Gasteiger partial charge is 0.328 e. The maximum atomic E-state index is 12.6. The molecule has 6 N–H and O–H groups in total. The van der Waals surface area contributed by atoms with Crippen molar-refractivity contribution < 1.29 is 57.4 Å². The highest BCUT2D eigenvalue weighted by molar-refractivity contribution is 5.99. The lowest BCUT2D eigenvalue weighted by Crippen LogP contribution is -2.44. The molecular formula is C98H134N6O12. The van der Waals surface area contributed by atoms with Crippen LogP contribution in [0.3, 0.4) is 0 Å². The molecule has 0 spiro atoms. The van der Waals surface area contributed by atoms with Crippen molar-refractivity contribution in [3.63, 3.8) is 0 Å². The standard InChI is InChI=1S/C19H23NO3.C19H25NO.C17H21NO.C13H19NO3.C12H17NO3.C12H19NO.C6H10/c1-13(21)23-12-18(14-7-3-2-4-8-14)20-19(22)17-11-15-9-5-6-10-16(15)17;1-14-8-10-15(11-9-14)5-4-12-20-19(21)18-13-16-6-2-3-7-17(16)18;19-17(16-12-14-8-4-5-9-15(14)16)18-11-10-13-6-2-1-3-7-13;1-8(13(16)17-2)14-12(15)11-7-9-5-3-4-6-10(9)11;1-16-11(14)7-13-12(15)10-6-8-4-2-3-5-9(8)10;1-2-7-13-12(14)11-8-9-5-3-4-6-10(9)11;1-2-4-6-5-3-1/h2-4,7-8,11,15-16,18H,5-6,9-10,12H2,1H3,(H,20,22);8-11,13,16-17H,2-7,12H2,1H3,(H,20,21);1-3,6-7,12,14-15H,4-5,8-11H2,(H,18,19);7-10H,3-6H2,1-2H3,(H,14,15);6,8-9H,2-5,7H2,1H3,(H,13,15);8-10H,2-7H2,1H3,(H,13,14);1-2H,3-6H2. The first kappa shape index (κ1) is 89.4. The number of nitrogens with one attached hydrogen (secondary N) is 6. The number of carbonyl (C=O) groups is 9. The Hall–Kier alpha value is -8.93. The lowest BCUT2D eigenvalue weighted by atomic mass is 9.66. The highest BCUT2D eigenvalue weighted by Crippen LogP contribution is 2.49. The largest absolute Gasteiger partial charge is 0.468 e. The Kier molecular flexibility index (Phi) is 36.1. The van der Waals surface area contributed by atoms with Crippen LogP contribution in [0, 0.1) is 77.9 Å². The third-order valence-electron chi connectivity index (χ3n) is 26.0. The van der Waals surface area contributed by atoms with E-state index < -0.39 is 18.0 Å². The van der Waals surface area contributed by atoms with Crippen LogP contribution >= 0.6 is 0 Å². The van der Waals surface area contributed by atoms with E-state index in [1.165, 1.54) is 198 Å². The van der Waals surface area contributed by atoms with Crippen LogP contribution in [-0.2, 0) is 70.2 Å². The van der Waals surface area contributed by atoms with Crippen molar-refractivity contribution in [1.82, 2.24) is 31.9 Å². The number of amides is 6. The van der Waals surface area contributed by atoms with Gasteiger partial charge < -0.3 is 46.1 Å². The third-order valence-corrected chi connectivity index (χ3v) is 26.0. The molecule has 6 saturated carbocycles. The van der Waals surface area contributed by atoms with Crippen molar-refractivity contribution in [3.8, 4) is 0 Å². The maximum Gasteiger partial charge on any atom is 0.328 e. The zero-order valence-corrected chi connectivity index (χ0v) is 70.3. The highest BCUT2D eigenvalue weighted by atomic mass is 16.5. The quantitative estimate of drug-likeness (QED) is 0.0224. The second-order valence-electron chi connectivity index (χ2n) is 34.1. The number of methoxy groups -OCH3 is 2. The van der Waals surface area contributed by atoms with Gasteiger partial charge in [-0.15, -0.1) is 0 Å². The van der Waals surface area contributed by atoms with E-state index in [0.29, 0.717) is 65.1 Å². The van der Waals surface area contributed by atoms with Crippen LogP contribution in [0.4, 0.5) is 0 Å². The minimum Gasteiger partial charge on any atom is -0.468 e. The fourth-order valence-electron chi connectivity index (χ4n) is 19.1. The summed E-state index contributed by atoms with van der Waals surface area (Å²) in [6.45, 7) is 9.66. The molecule has 6 fully saturated rings. The fraction of sp³-hybridized carbons (Fsp3) is 0.582. The molecule has 0 aromatic heterocycles. The average molecular weight is 1590 g/mol. The SMILES string of the molecule is C1=CCCCC1.CC(=O)OCC(NC(=O)C1=CC2CCCCC12)c1ccccc1.CCCNC(=O)C1=CC2CCCCC12.COC(=O)C(C)NC(=O)C1=CC2CCCCC12.COC(=O)CNC(=O)C1=CC2CCCCC12.Cc1ccc(CCCNC(=O)C2=CC3CCCCC23)cc1.O=C(NCCc1ccccc1)C1=CC2CCCCC12. The summed E-state index contributed by atoms with van der Waals surface area (Å²) in [5, 5.41) is 17.4. The first-order valence-electron chi connectivity index (χ1n) is 44.5. The second-order valence-corrected chi connectivity index (χ2v) is 34.1. The van der Waals surface area contributed by atoms with Gasteiger partial charge in [-0.1, -0.05) is 223 Å². The van der Waals surface area contributed by atoms with Crippen molar-refractivity contribution in [3.05, 3.63) is 189 Å². The first-order chi connectivity index (χ1) is 56.4. The van der Waals surface area contributed by atoms with Gasteiger partial charge in [-0.05, 0) is 230 Å². The van der Waals surface area contributed by atoms with Gasteiger partial charge in [-0.3, -0.25) is 38.4 Å². The molecule has 3 aromatic rings. The zero-order valence-electron chi connectivity index (χ0n) is 70.3. The summed E-state index contributed by atoms with van der Waals surface area (Å²) in [5.41, 5.74) is 10.7. The van der Waals surface area contributed by atoms with E-state index in [2.05, 4.69) is 140 Å². The number of benzene rings is 3. The van der Waals surface area contributed by atoms with Crippen LogP contribution in [0.1, 0.15) is 242 Å². The number of aryl methyl sites for hydroxylation is 2. The maximum absolute atomic E-state index is 12.6. The molecule has 13 aliphatic rings. The number of carbonyl (C=O) groups excluding carboxylic acids is 9. The molecule has 6 amide bonds. The molecule has 0 bridgehead atoms. The summed E-state index contributed by atoms with van der Waals surface area (Å²) in [6.07, 6.45) is 56.6. The minimum atomic E-state index is -0.573. The Morgan fingerprint density at radius 3 is 1.13 bits per heavy atom. The molecular weight excluding hydrogens is 1450 g/mol. The van der Waals surface area contributed by atoms with E-state index in [0.717, 1.165) is 110 Å². The van der Waals surface area contributed by atoms with Gasteiger partial charge in [0.2, 0.25) is 35.4 Å². The number of rotatable bonds is 23. The van der Waals surface area contributed by atoms with E-state index >= 15 is 0 Å². The molecule has 0 radical (unpaired) electrons. The van der Waals surface area contributed by atoms with Crippen LogP contribution in [0.5, 0.6) is 0 Å². The molecule has 14 unspecified atom stereocenters. The van der Waals surface area contributed by atoms with E-state index in [9.17, 15) is 43.2 Å². The monoisotopic (exact) mass is 1590 g/mol. The molecule has 13 aliphatic carbocycles. The molecule has 0 heterocycles. The van der Waals surface area contributed by atoms with Gasteiger partial charge in [-0.2, -0.15) is 0 Å². The molecule has 628 valence electrons. The molecule has 3 aromatic carbocycles. The Morgan fingerprint density at radius 1 is 0.397 bits per heavy atom. The van der Waals surface area contributed by atoms with E-state index in [1.807, 2.05) is 48.5 Å². The molecule has 14 atom stereocenters. The molecule has 0 saturated heterocycles. The summed E-state index contributed by atoms with van der Waals surface area (Å²) < 4.78 is 14.2. The molecule has 18 nitrogen and oxygen atoms in total. The van der Waals surface area contributed by atoms with Crippen molar-refractivity contribution in [2.75, 3.05) is 47.0 Å². The first-order valence-corrected chi connectivity index (χ1v) is 44.5. The number of allylic oxidation sites excluding steroid dienone is 8. The average Bonchev–Trinajstić information content (AvgIpc) is 0.812. The number of fused-ring (bicyclic) bond motifs is 6. The number of hydrogen-bond acceptors (Lipinski definition) is 12. The second kappa shape index (κ2) is 46.9. The van der Waals surface area contributed by atoms with Crippen molar-refractivity contribution >= 4 is 53.4 Å². The predicted octanol–water partition coefficient (Wildman–Crippen LogP) is 16.8. The lowest BCUT2D eigenvalue weighted by molar-refractivity contribution is -0.144. The van der Waals surface area contributed by atoms with Gasteiger partial charge in [0, 0.05) is 60.0 Å². The Bertz CT molecular complexity index is 3980. The van der Waals surface area contributed by atoms with Gasteiger partial charge in [0.05, 0.1) is 20.3 Å². The van der Waals surface area contributed by atoms with Gasteiger partial charge >= 0.3 is 17.9 Å². The van der Waals surface area contributed by atoms with E-state index in [4.69, 9.17) is 4.74 Å². The summed E-state index contributed by atoms with van der Waals surface area (Å²) in [4.78, 5) is 105. The summed E-state index contributed by atoms with van der Waals surface area (Å²) in [7, 11) is 2.64. The molecule has 16 rings (SSSR count). The summed E-state index contributed by atoms with van der Waals surface area (Å²) in [5.74, 6) is 6.09. The van der Waals surface area contributed by atoms with Gasteiger partial charge in [-0.25, -0.2) is 4.79 Å². The number of hydrogen-bond donors (Lipinski definition) is 6. The predicted molar refractivity (Wildman–Crippen MR) is 456 cm³/mol. The van der Waals surface area contributed by atoms with Crippen LogP contribution in [0.25, 0.3) is 0 Å². The van der Waals surface area contributed by atoms with Gasteiger partial charge in [0.1, 0.15) is 19.2 Å². The van der Waals surface area contributed by atoms with Crippen molar-refractivity contribution in [2.24, 2.45) is 71.0 Å². The van der Waals surface area contributed by atoms with Gasteiger partial charge in [0.25, 0.3) is 0 Å². The third kappa shape index (κ3) is 26.3. The number of esters is 3. The highest BCUT2D eigenvalue weighted by Gasteiger charge is 2.43. The molecule has 18 heteroatoms. The summed E-state index contributed by atoms with van der Waals surface area (Å²) >= 11 is 0. The summed E-state index contributed by atoms with van der Waals surface area (Å²) in [6, 6.07) is 27.7. The Labute approximate surface area is 691 Å². The van der Waals surface area contributed by atoms with E-state index in [1.54, 1.807) is 6.92 Å². The van der Waals surface area contributed by atoms with Crippen LogP contribution < -0.4 is 31.9 Å². The van der Waals surface area contributed by atoms with Crippen molar-refractivity contribution in [2.45, 2.75) is 245 Å². The van der Waals surface area contributed by atoms with Crippen molar-refractivity contribution in [1.29, 1.82) is 0 Å². The Balaban J connectivity index is 0.000000146. The minimum absolute atomic E-state index is 0.0193. The molecule has 116 heavy (non-hydrogen) atoms. The van der Waals surface area contributed by atoms with Crippen LogP contribution in [0.2, 0.25) is 0 Å². The zero-order chi connectivity index (χ0) is 82.1. The van der Waals surface area contributed by atoms with Crippen LogP contribution in [-0.4, -0.2) is 106 Å². The molecule has 0 aliphatic heterocycles. The Morgan fingerprint density at radius 2 is 0.759 bits per heavy atom.